The molecule has 1 aliphatic rings. The van der Waals surface area contributed by atoms with Crippen LogP contribution in [0, 0.1) is 6.92 Å². The predicted molar refractivity (Wildman–Crippen MR) is 64.9 cm³/mol. The topological polar surface area (TPSA) is 38.0 Å². The van der Waals surface area contributed by atoms with E-state index in [-0.39, 0.29) is 0 Å². The van der Waals surface area contributed by atoms with Gasteiger partial charge in [0, 0.05) is 11.8 Å². The van der Waals surface area contributed by atoms with Crippen LogP contribution in [0.1, 0.15) is 12.0 Å². The molecule has 0 aliphatic carbocycles. The van der Waals surface area contributed by atoms with Crippen molar-refractivity contribution in [1.29, 1.82) is 0 Å². The molecule has 1 heterocycles. The van der Waals surface area contributed by atoms with E-state index in [1.54, 1.807) is 0 Å². The number of aryl methyl sites for hydroxylation is 1. The van der Waals surface area contributed by atoms with Gasteiger partial charge in [0.15, 0.2) is 0 Å². The number of thioether (sulfide) groups is 1. The highest BCUT2D eigenvalue weighted by Gasteiger charge is 2.15. The highest BCUT2D eigenvalue weighted by molar-refractivity contribution is 7.99. The van der Waals surface area contributed by atoms with Crippen molar-refractivity contribution in [2.75, 3.05) is 22.6 Å². The fraction of sp³-hybridized carbons (Fsp3) is 0.455. The normalized spacial score (nSPS) is 21.1. The number of anilines is 2. The Labute approximate surface area is 89.3 Å². The third kappa shape index (κ3) is 2.15. The molecule has 0 amide bonds. The number of nitrogens with two attached hydrogens (primary N) is 1. The first kappa shape index (κ1) is 9.71. The van der Waals surface area contributed by atoms with E-state index in [4.69, 9.17) is 5.73 Å². The summed E-state index contributed by atoms with van der Waals surface area (Å²) in [5, 5.41) is 3.49. The van der Waals surface area contributed by atoms with Crippen LogP contribution in [0.2, 0.25) is 0 Å². The molecule has 0 radical (unpaired) electrons. The maximum Gasteiger partial charge on any atom is 0.0576 e. The van der Waals surface area contributed by atoms with Gasteiger partial charge in [-0.25, -0.2) is 0 Å². The van der Waals surface area contributed by atoms with E-state index >= 15 is 0 Å². The van der Waals surface area contributed by atoms with Crippen LogP contribution in [-0.2, 0) is 0 Å². The van der Waals surface area contributed by atoms with Crippen molar-refractivity contribution >= 4 is 23.1 Å². The van der Waals surface area contributed by atoms with Crippen molar-refractivity contribution < 1.29 is 0 Å². The summed E-state index contributed by atoms with van der Waals surface area (Å²) in [6, 6.07) is 6.80. The lowest BCUT2D eigenvalue weighted by Gasteiger charge is -2.15. The molecular formula is C11H16N2S. The fourth-order valence-corrected chi connectivity index (χ4v) is 2.83. The van der Waals surface area contributed by atoms with Gasteiger partial charge in [-0.05, 0) is 36.8 Å². The van der Waals surface area contributed by atoms with Crippen LogP contribution in [0.4, 0.5) is 11.4 Å². The Kier molecular flexibility index (Phi) is 2.87. The molecule has 1 unspecified atom stereocenters. The van der Waals surface area contributed by atoms with Gasteiger partial charge in [0.2, 0.25) is 0 Å². The van der Waals surface area contributed by atoms with Gasteiger partial charge in [-0.2, -0.15) is 11.8 Å². The number of rotatable bonds is 2. The van der Waals surface area contributed by atoms with Crippen LogP contribution in [0.15, 0.2) is 18.2 Å². The Balaban J connectivity index is 2.08. The molecule has 2 rings (SSSR count). The molecule has 1 aliphatic heterocycles. The Morgan fingerprint density at radius 3 is 3.00 bits per heavy atom. The first-order chi connectivity index (χ1) is 6.75. The zero-order chi connectivity index (χ0) is 9.97. The first-order valence-electron chi connectivity index (χ1n) is 4.96. The van der Waals surface area contributed by atoms with Crippen LogP contribution >= 0.6 is 11.8 Å². The van der Waals surface area contributed by atoms with Crippen molar-refractivity contribution in [2.45, 2.75) is 19.4 Å². The molecule has 0 spiro atoms. The number of hydrogen-bond acceptors (Lipinski definition) is 3. The zero-order valence-electron chi connectivity index (χ0n) is 8.42. The van der Waals surface area contributed by atoms with Crippen molar-refractivity contribution in [3.05, 3.63) is 23.8 Å². The summed E-state index contributed by atoms with van der Waals surface area (Å²) in [6.07, 6.45) is 1.25. The van der Waals surface area contributed by atoms with Crippen LogP contribution in [-0.4, -0.2) is 17.5 Å². The summed E-state index contributed by atoms with van der Waals surface area (Å²) in [5.41, 5.74) is 9.10. The van der Waals surface area contributed by atoms with Crippen molar-refractivity contribution in [3.63, 3.8) is 0 Å². The number of benzene rings is 1. The average Bonchev–Trinajstić information content (AvgIpc) is 2.62. The molecule has 1 saturated heterocycles. The molecule has 1 aromatic carbocycles. The number of hydrogen-bond donors (Lipinski definition) is 2. The molecule has 14 heavy (non-hydrogen) atoms. The van der Waals surface area contributed by atoms with Crippen LogP contribution in [0.3, 0.4) is 0 Å². The lowest BCUT2D eigenvalue weighted by atomic mass is 10.1. The van der Waals surface area contributed by atoms with Crippen LogP contribution in [0.25, 0.3) is 0 Å². The molecule has 1 fully saturated rings. The second-order valence-electron chi connectivity index (χ2n) is 3.80. The minimum atomic E-state index is 0.602. The highest BCUT2D eigenvalue weighted by atomic mass is 32.2. The lowest BCUT2D eigenvalue weighted by molar-refractivity contribution is 0.813. The molecular weight excluding hydrogens is 192 g/mol. The summed E-state index contributed by atoms with van der Waals surface area (Å²) in [4.78, 5) is 0. The predicted octanol–water partition coefficient (Wildman–Crippen LogP) is 2.49. The molecule has 1 aromatic rings. The van der Waals surface area contributed by atoms with Crippen LogP contribution < -0.4 is 11.1 Å². The SMILES string of the molecule is Cc1ccc(NC2CCSC2)c(N)c1. The Bertz CT molecular complexity index is 319. The molecule has 3 N–H and O–H groups in total. The Morgan fingerprint density at radius 2 is 2.36 bits per heavy atom. The van der Waals surface area contributed by atoms with E-state index in [2.05, 4.69) is 24.4 Å². The summed E-state index contributed by atoms with van der Waals surface area (Å²) in [5.74, 6) is 2.47. The van der Waals surface area contributed by atoms with Crippen molar-refractivity contribution in [2.24, 2.45) is 0 Å². The Hall–Kier alpha value is -0.830. The largest absolute Gasteiger partial charge is 0.397 e. The summed E-state index contributed by atoms with van der Waals surface area (Å²) >= 11 is 2.01. The maximum absolute atomic E-state index is 5.93. The standard InChI is InChI=1S/C11H16N2S/c1-8-2-3-11(10(12)6-8)13-9-4-5-14-7-9/h2-3,6,9,13H,4-5,7,12H2,1H3. The number of nitrogen functional groups attached to an aromatic ring is 1. The number of nitrogens with one attached hydrogen (secondary N) is 1. The van der Waals surface area contributed by atoms with Crippen molar-refractivity contribution in [3.8, 4) is 0 Å². The Morgan fingerprint density at radius 1 is 1.50 bits per heavy atom. The average molecular weight is 208 g/mol. The van der Waals surface area contributed by atoms with Crippen LogP contribution in [0.5, 0.6) is 0 Å². The van der Waals surface area contributed by atoms with E-state index in [1.807, 2.05) is 17.8 Å². The second kappa shape index (κ2) is 4.13. The van der Waals surface area contributed by atoms with Gasteiger partial charge in [-0.3, -0.25) is 0 Å². The van der Waals surface area contributed by atoms with Gasteiger partial charge in [-0.15, -0.1) is 0 Å². The monoisotopic (exact) mass is 208 g/mol. The highest BCUT2D eigenvalue weighted by Crippen LogP contribution is 2.25. The smallest absolute Gasteiger partial charge is 0.0576 e. The van der Waals surface area contributed by atoms with Gasteiger partial charge in [0.1, 0.15) is 0 Å². The van der Waals surface area contributed by atoms with Gasteiger partial charge >= 0.3 is 0 Å². The molecule has 0 saturated carbocycles. The third-order valence-corrected chi connectivity index (χ3v) is 3.66. The molecule has 1 atom stereocenters. The summed E-state index contributed by atoms with van der Waals surface area (Å²) < 4.78 is 0. The minimum absolute atomic E-state index is 0.602. The summed E-state index contributed by atoms with van der Waals surface area (Å²) in [7, 11) is 0. The summed E-state index contributed by atoms with van der Waals surface area (Å²) in [6.45, 7) is 2.06. The quantitative estimate of drug-likeness (QED) is 0.733. The first-order valence-corrected chi connectivity index (χ1v) is 6.11. The lowest BCUT2D eigenvalue weighted by Crippen LogP contribution is -2.18. The van der Waals surface area contributed by atoms with E-state index in [0.717, 1.165) is 11.4 Å². The van der Waals surface area contributed by atoms with E-state index in [1.165, 1.54) is 23.5 Å². The molecule has 0 aromatic heterocycles. The minimum Gasteiger partial charge on any atom is -0.397 e. The van der Waals surface area contributed by atoms with Gasteiger partial charge in [-0.1, -0.05) is 6.07 Å². The maximum atomic E-state index is 5.93. The zero-order valence-corrected chi connectivity index (χ0v) is 9.23. The molecule has 0 bridgehead atoms. The van der Waals surface area contributed by atoms with E-state index in [9.17, 15) is 0 Å². The molecule has 3 heteroatoms. The second-order valence-corrected chi connectivity index (χ2v) is 4.95. The fourth-order valence-electron chi connectivity index (χ4n) is 1.68. The third-order valence-electron chi connectivity index (χ3n) is 2.50. The van der Waals surface area contributed by atoms with E-state index < -0.39 is 0 Å². The van der Waals surface area contributed by atoms with Crippen molar-refractivity contribution in [1.82, 2.24) is 0 Å². The van der Waals surface area contributed by atoms with Gasteiger partial charge in [0.05, 0.1) is 11.4 Å². The van der Waals surface area contributed by atoms with E-state index in [0.29, 0.717) is 6.04 Å². The molecule has 76 valence electrons. The molecule has 2 nitrogen and oxygen atoms in total. The van der Waals surface area contributed by atoms with Gasteiger partial charge in [0.25, 0.3) is 0 Å². The van der Waals surface area contributed by atoms with Gasteiger partial charge < -0.3 is 11.1 Å².